The SMILES string of the molecule is Cc1ccc(Cl)cc1C(O)c1ccnn1C(C)C. The van der Waals surface area contributed by atoms with Crippen LogP contribution in [-0.4, -0.2) is 14.9 Å². The summed E-state index contributed by atoms with van der Waals surface area (Å²) in [5.74, 6) is 0. The van der Waals surface area contributed by atoms with Crippen molar-refractivity contribution in [3.63, 3.8) is 0 Å². The van der Waals surface area contributed by atoms with Gasteiger partial charge in [-0.05, 0) is 50.1 Å². The van der Waals surface area contributed by atoms with Crippen molar-refractivity contribution in [3.05, 3.63) is 52.3 Å². The van der Waals surface area contributed by atoms with Gasteiger partial charge in [0.2, 0.25) is 0 Å². The normalized spacial score (nSPS) is 13.0. The van der Waals surface area contributed by atoms with E-state index in [2.05, 4.69) is 5.10 Å². The topological polar surface area (TPSA) is 38.1 Å². The molecule has 0 aliphatic rings. The van der Waals surface area contributed by atoms with Crippen molar-refractivity contribution in [3.8, 4) is 0 Å². The summed E-state index contributed by atoms with van der Waals surface area (Å²) in [4.78, 5) is 0. The minimum Gasteiger partial charge on any atom is -0.382 e. The van der Waals surface area contributed by atoms with E-state index < -0.39 is 6.10 Å². The molecule has 0 amide bonds. The summed E-state index contributed by atoms with van der Waals surface area (Å²) in [6.07, 6.45) is 1.01. The standard InChI is InChI=1S/C14H17ClN2O/c1-9(2)17-13(6-7-16-17)14(18)12-8-11(15)5-4-10(12)3/h4-9,14,18H,1-3H3. The van der Waals surface area contributed by atoms with Crippen LogP contribution in [0.4, 0.5) is 0 Å². The summed E-state index contributed by atoms with van der Waals surface area (Å²) in [6.45, 7) is 6.03. The Morgan fingerprint density at radius 2 is 2.00 bits per heavy atom. The summed E-state index contributed by atoms with van der Waals surface area (Å²) in [5, 5.41) is 15.4. The van der Waals surface area contributed by atoms with Crippen LogP contribution in [0.1, 0.15) is 42.8 Å². The van der Waals surface area contributed by atoms with Gasteiger partial charge in [-0.15, -0.1) is 0 Å². The maximum atomic E-state index is 10.5. The van der Waals surface area contributed by atoms with Gasteiger partial charge in [-0.2, -0.15) is 5.10 Å². The van der Waals surface area contributed by atoms with Gasteiger partial charge in [0.1, 0.15) is 6.10 Å². The largest absolute Gasteiger partial charge is 0.382 e. The lowest BCUT2D eigenvalue weighted by Crippen LogP contribution is -2.12. The fourth-order valence-corrected chi connectivity index (χ4v) is 2.22. The monoisotopic (exact) mass is 264 g/mol. The molecule has 0 radical (unpaired) electrons. The fraction of sp³-hybridized carbons (Fsp3) is 0.357. The number of nitrogens with zero attached hydrogens (tertiary/aromatic N) is 2. The van der Waals surface area contributed by atoms with Crippen LogP contribution >= 0.6 is 11.6 Å². The average Bonchev–Trinajstić information content (AvgIpc) is 2.80. The highest BCUT2D eigenvalue weighted by atomic mass is 35.5. The van der Waals surface area contributed by atoms with Gasteiger partial charge < -0.3 is 5.11 Å². The van der Waals surface area contributed by atoms with E-state index in [1.54, 1.807) is 12.3 Å². The summed E-state index contributed by atoms with van der Waals surface area (Å²) in [5.41, 5.74) is 2.63. The Morgan fingerprint density at radius 3 is 2.67 bits per heavy atom. The average molecular weight is 265 g/mol. The van der Waals surface area contributed by atoms with Gasteiger partial charge in [-0.1, -0.05) is 17.7 Å². The molecule has 0 aliphatic heterocycles. The van der Waals surface area contributed by atoms with Gasteiger partial charge in [0.15, 0.2) is 0 Å². The van der Waals surface area contributed by atoms with Crippen LogP contribution < -0.4 is 0 Å². The minimum atomic E-state index is -0.700. The van der Waals surface area contributed by atoms with E-state index >= 15 is 0 Å². The molecule has 1 aromatic heterocycles. The lowest BCUT2D eigenvalue weighted by molar-refractivity contribution is 0.204. The van der Waals surface area contributed by atoms with E-state index in [0.29, 0.717) is 5.02 Å². The molecular formula is C14H17ClN2O. The van der Waals surface area contributed by atoms with Crippen molar-refractivity contribution in [2.75, 3.05) is 0 Å². The van der Waals surface area contributed by atoms with Crippen molar-refractivity contribution in [2.45, 2.75) is 32.9 Å². The van der Waals surface area contributed by atoms with Crippen LogP contribution in [-0.2, 0) is 0 Å². The van der Waals surface area contributed by atoms with Crippen molar-refractivity contribution in [2.24, 2.45) is 0 Å². The number of aryl methyl sites for hydroxylation is 1. The van der Waals surface area contributed by atoms with E-state index in [-0.39, 0.29) is 6.04 Å². The van der Waals surface area contributed by atoms with Crippen molar-refractivity contribution >= 4 is 11.6 Å². The number of aromatic nitrogens is 2. The third-order valence-electron chi connectivity index (χ3n) is 3.01. The Morgan fingerprint density at radius 1 is 1.28 bits per heavy atom. The van der Waals surface area contributed by atoms with Crippen LogP contribution in [0.25, 0.3) is 0 Å². The second-order valence-electron chi connectivity index (χ2n) is 4.70. The zero-order valence-electron chi connectivity index (χ0n) is 10.8. The molecule has 0 bridgehead atoms. The second kappa shape index (κ2) is 5.12. The zero-order valence-corrected chi connectivity index (χ0v) is 11.5. The molecule has 1 aromatic carbocycles. The molecule has 2 aromatic rings. The number of aliphatic hydroxyl groups is 1. The van der Waals surface area contributed by atoms with Gasteiger partial charge in [-0.3, -0.25) is 4.68 Å². The first-order valence-electron chi connectivity index (χ1n) is 5.98. The van der Waals surface area contributed by atoms with Crippen LogP contribution in [0, 0.1) is 6.92 Å². The number of hydrogen-bond acceptors (Lipinski definition) is 2. The van der Waals surface area contributed by atoms with Crippen molar-refractivity contribution in [1.29, 1.82) is 0 Å². The molecule has 0 aliphatic carbocycles. The van der Waals surface area contributed by atoms with Crippen LogP contribution in [0.3, 0.4) is 0 Å². The Labute approximate surface area is 112 Å². The zero-order chi connectivity index (χ0) is 13.3. The Hall–Kier alpha value is -1.32. The third-order valence-corrected chi connectivity index (χ3v) is 3.24. The molecule has 1 N–H and O–H groups in total. The van der Waals surface area contributed by atoms with Gasteiger partial charge in [0.05, 0.1) is 5.69 Å². The van der Waals surface area contributed by atoms with Gasteiger partial charge in [-0.25, -0.2) is 0 Å². The lowest BCUT2D eigenvalue weighted by atomic mass is 10.0. The fourth-order valence-electron chi connectivity index (χ4n) is 2.04. The molecule has 96 valence electrons. The highest BCUT2D eigenvalue weighted by molar-refractivity contribution is 6.30. The van der Waals surface area contributed by atoms with Gasteiger partial charge >= 0.3 is 0 Å². The van der Waals surface area contributed by atoms with E-state index in [1.807, 2.05) is 43.7 Å². The van der Waals surface area contributed by atoms with E-state index in [0.717, 1.165) is 16.8 Å². The molecule has 1 unspecified atom stereocenters. The van der Waals surface area contributed by atoms with Crippen molar-refractivity contribution < 1.29 is 5.11 Å². The summed E-state index contributed by atoms with van der Waals surface area (Å²) in [7, 11) is 0. The summed E-state index contributed by atoms with van der Waals surface area (Å²) >= 11 is 5.99. The Balaban J connectivity index is 2.44. The van der Waals surface area contributed by atoms with Gasteiger partial charge in [0, 0.05) is 17.3 Å². The Bertz CT molecular complexity index is 548. The number of aliphatic hydroxyl groups excluding tert-OH is 1. The lowest BCUT2D eigenvalue weighted by Gasteiger charge is -2.18. The number of rotatable bonds is 3. The molecule has 18 heavy (non-hydrogen) atoms. The first-order valence-corrected chi connectivity index (χ1v) is 6.36. The first-order chi connectivity index (χ1) is 8.50. The Kier molecular flexibility index (Phi) is 3.73. The van der Waals surface area contributed by atoms with Crippen LogP contribution in [0.2, 0.25) is 5.02 Å². The number of hydrogen-bond donors (Lipinski definition) is 1. The number of benzene rings is 1. The molecule has 4 heteroatoms. The maximum absolute atomic E-state index is 10.5. The maximum Gasteiger partial charge on any atom is 0.121 e. The number of halogens is 1. The van der Waals surface area contributed by atoms with Crippen LogP contribution in [0.15, 0.2) is 30.5 Å². The van der Waals surface area contributed by atoms with E-state index in [9.17, 15) is 5.11 Å². The molecular weight excluding hydrogens is 248 g/mol. The van der Waals surface area contributed by atoms with E-state index in [1.165, 1.54) is 0 Å². The molecule has 0 saturated carbocycles. The molecule has 1 atom stereocenters. The van der Waals surface area contributed by atoms with Crippen LogP contribution in [0.5, 0.6) is 0 Å². The molecule has 1 heterocycles. The van der Waals surface area contributed by atoms with Crippen molar-refractivity contribution in [1.82, 2.24) is 9.78 Å². The highest BCUT2D eigenvalue weighted by Crippen LogP contribution is 2.28. The third kappa shape index (κ3) is 2.42. The first kappa shape index (κ1) is 13.1. The predicted molar refractivity (Wildman–Crippen MR) is 72.9 cm³/mol. The second-order valence-corrected chi connectivity index (χ2v) is 5.13. The molecule has 0 spiro atoms. The summed E-state index contributed by atoms with van der Waals surface area (Å²) in [6, 6.07) is 7.60. The molecule has 0 saturated heterocycles. The molecule has 3 nitrogen and oxygen atoms in total. The molecule has 2 rings (SSSR count). The van der Waals surface area contributed by atoms with E-state index in [4.69, 9.17) is 11.6 Å². The smallest absolute Gasteiger partial charge is 0.121 e. The quantitative estimate of drug-likeness (QED) is 0.921. The molecule has 0 fully saturated rings. The summed E-state index contributed by atoms with van der Waals surface area (Å²) < 4.78 is 1.82. The predicted octanol–water partition coefficient (Wildman–Crippen LogP) is 3.51. The minimum absolute atomic E-state index is 0.212. The highest BCUT2D eigenvalue weighted by Gasteiger charge is 2.18. The van der Waals surface area contributed by atoms with Gasteiger partial charge in [0.25, 0.3) is 0 Å².